The molecule has 7 nitrogen and oxygen atoms in total. The fourth-order valence-corrected chi connectivity index (χ4v) is 3.69. The summed E-state index contributed by atoms with van der Waals surface area (Å²) in [6.07, 6.45) is 3.61. The van der Waals surface area contributed by atoms with Crippen molar-refractivity contribution in [1.82, 2.24) is 24.7 Å². The first-order valence-electron chi connectivity index (χ1n) is 7.85. The minimum Gasteiger partial charge on any atom is -0.294 e. The number of fused-ring (bicyclic) bond motifs is 1. The largest absolute Gasteiger partial charge is 0.294 e. The van der Waals surface area contributed by atoms with E-state index in [2.05, 4.69) is 20.2 Å². The van der Waals surface area contributed by atoms with Crippen LogP contribution in [0.2, 0.25) is 0 Å². The van der Waals surface area contributed by atoms with Gasteiger partial charge in [-0.3, -0.25) is 4.79 Å². The lowest BCUT2D eigenvalue weighted by Crippen LogP contribution is -2.32. The highest BCUT2D eigenvalue weighted by Crippen LogP contribution is 2.22. The smallest absolute Gasteiger partial charge is 0.239 e. The predicted molar refractivity (Wildman–Crippen MR) is 93.6 cm³/mol. The third kappa shape index (κ3) is 2.85. The first-order valence-corrected chi connectivity index (χ1v) is 8.73. The zero-order valence-electron chi connectivity index (χ0n) is 14.1. The summed E-state index contributed by atoms with van der Waals surface area (Å²) in [5.41, 5.74) is 4.99. The van der Waals surface area contributed by atoms with E-state index in [0.717, 1.165) is 27.7 Å². The van der Waals surface area contributed by atoms with Gasteiger partial charge in [-0.25, -0.2) is 14.5 Å². The summed E-state index contributed by atoms with van der Waals surface area (Å²) >= 11 is 1.50. The van der Waals surface area contributed by atoms with Crippen LogP contribution >= 0.6 is 11.3 Å². The van der Waals surface area contributed by atoms with Crippen molar-refractivity contribution in [2.75, 3.05) is 0 Å². The van der Waals surface area contributed by atoms with Crippen LogP contribution in [0.1, 0.15) is 26.8 Å². The molecule has 126 valence electrons. The maximum atomic E-state index is 12.9. The summed E-state index contributed by atoms with van der Waals surface area (Å²) in [5, 5.41) is 10.2. The Morgan fingerprint density at radius 3 is 2.88 bits per heavy atom. The second-order valence-electron chi connectivity index (χ2n) is 6.04. The SMILES string of the molecule is Cc1csc(CC(=O)c2cc(-c3cc(C)[nH][n+]3C)cn3ncnc23)n1. The lowest BCUT2D eigenvalue weighted by Gasteiger charge is -2.04. The van der Waals surface area contributed by atoms with Gasteiger partial charge in [0.05, 0.1) is 23.2 Å². The second-order valence-corrected chi connectivity index (χ2v) is 6.98. The maximum absolute atomic E-state index is 12.9. The van der Waals surface area contributed by atoms with Crippen molar-refractivity contribution in [3.63, 3.8) is 0 Å². The van der Waals surface area contributed by atoms with Crippen LogP contribution < -0.4 is 4.68 Å². The number of aromatic amines is 1. The molecule has 4 aromatic heterocycles. The molecule has 0 bridgehead atoms. The summed E-state index contributed by atoms with van der Waals surface area (Å²) in [4.78, 5) is 21.5. The third-order valence-electron chi connectivity index (χ3n) is 4.01. The highest BCUT2D eigenvalue weighted by Gasteiger charge is 2.20. The molecule has 4 heterocycles. The Kier molecular flexibility index (Phi) is 3.69. The molecular weight excluding hydrogens is 336 g/mol. The van der Waals surface area contributed by atoms with Gasteiger partial charge in [0.15, 0.2) is 18.5 Å². The molecule has 4 aromatic rings. The predicted octanol–water partition coefficient (Wildman–Crippen LogP) is 2.05. The molecule has 0 aromatic carbocycles. The Balaban J connectivity index is 1.81. The van der Waals surface area contributed by atoms with Gasteiger partial charge >= 0.3 is 0 Å². The van der Waals surface area contributed by atoms with Crippen molar-refractivity contribution in [2.24, 2.45) is 7.05 Å². The van der Waals surface area contributed by atoms with Gasteiger partial charge in [0.1, 0.15) is 11.3 Å². The summed E-state index contributed by atoms with van der Waals surface area (Å²) < 4.78 is 3.57. The highest BCUT2D eigenvalue weighted by atomic mass is 32.1. The summed E-state index contributed by atoms with van der Waals surface area (Å²) in [5.74, 6) is -0.0101. The van der Waals surface area contributed by atoms with E-state index in [4.69, 9.17) is 0 Å². The van der Waals surface area contributed by atoms with E-state index in [1.54, 1.807) is 4.52 Å². The topological polar surface area (TPSA) is 79.8 Å². The number of pyridine rings is 1. The Hall–Kier alpha value is -2.87. The zero-order chi connectivity index (χ0) is 17.6. The number of aromatic nitrogens is 6. The Morgan fingerprint density at radius 1 is 1.36 bits per heavy atom. The standard InChI is InChI=1S/C17H16N6OS/c1-10-4-14(22(3)21-10)12-5-13(17-18-9-19-23(17)7-12)15(24)6-16-20-11(2)8-25-16/h4-5,7-9H,6H2,1-3H3/p+1. The number of H-pyrrole nitrogens is 1. The van der Waals surface area contributed by atoms with Crippen molar-refractivity contribution < 1.29 is 9.48 Å². The van der Waals surface area contributed by atoms with E-state index in [1.807, 2.05) is 49.3 Å². The molecule has 0 atom stereocenters. The number of nitrogens with one attached hydrogen (secondary N) is 1. The van der Waals surface area contributed by atoms with Gasteiger partial charge in [-0.15, -0.1) is 16.0 Å². The van der Waals surface area contributed by atoms with E-state index in [9.17, 15) is 4.79 Å². The van der Waals surface area contributed by atoms with Crippen LogP contribution in [0, 0.1) is 13.8 Å². The number of nitrogens with zero attached hydrogens (tertiary/aromatic N) is 5. The van der Waals surface area contributed by atoms with Crippen LogP contribution in [-0.4, -0.2) is 30.5 Å². The number of carbonyl (C=O) groups excluding carboxylic acids is 1. The number of ketones is 1. The van der Waals surface area contributed by atoms with Crippen LogP contribution in [0.3, 0.4) is 0 Å². The molecule has 0 aliphatic carbocycles. The van der Waals surface area contributed by atoms with Crippen LogP contribution in [0.4, 0.5) is 0 Å². The first-order chi connectivity index (χ1) is 12.0. The number of rotatable bonds is 4. The molecule has 0 amide bonds. The molecule has 0 saturated carbocycles. The average Bonchev–Trinajstić information content (AvgIpc) is 3.26. The second kappa shape index (κ2) is 5.89. The third-order valence-corrected chi connectivity index (χ3v) is 4.98. The molecule has 8 heteroatoms. The van der Waals surface area contributed by atoms with Gasteiger partial charge in [-0.2, -0.15) is 10.2 Å². The highest BCUT2D eigenvalue weighted by molar-refractivity contribution is 7.09. The molecule has 0 saturated heterocycles. The minimum absolute atomic E-state index is 0.0101. The molecular formula is C17H17N6OS+. The molecule has 4 rings (SSSR count). The molecule has 0 unspecified atom stereocenters. The normalized spacial score (nSPS) is 11.3. The maximum Gasteiger partial charge on any atom is 0.239 e. The Labute approximate surface area is 148 Å². The van der Waals surface area contributed by atoms with E-state index < -0.39 is 0 Å². The fourth-order valence-electron chi connectivity index (χ4n) is 2.92. The lowest BCUT2D eigenvalue weighted by atomic mass is 10.1. The van der Waals surface area contributed by atoms with Crippen LogP contribution in [-0.2, 0) is 13.5 Å². The molecule has 25 heavy (non-hydrogen) atoms. The number of aryl methyl sites for hydroxylation is 3. The van der Waals surface area contributed by atoms with E-state index in [1.165, 1.54) is 17.7 Å². The van der Waals surface area contributed by atoms with Crippen LogP contribution in [0.5, 0.6) is 0 Å². The molecule has 0 aliphatic heterocycles. The van der Waals surface area contributed by atoms with E-state index in [-0.39, 0.29) is 12.2 Å². The molecule has 0 aliphatic rings. The number of hydrogen-bond donors (Lipinski definition) is 1. The monoisotopic (exact) mass is 353 g/mol. The molecule has 0 radical (unpaired) electrons. The summed E-state index contributed by atoms with van der Waals surface area (Å²) in [6.45, 7) is 3.92. The van der Waals surface area contributed by atoms with Gasteiger partial charge in [0.25, 0.3) is 0 Å². The Morgan fingerprint density at radius 2 is 2.20 bits per heavy atom. The van der Waals surface area contributed by atoms with Gasteiger partial charge < -0.3 is 0 Å². The number of hydrogen-bond acceptors (Lipinski definition) is 5. The lowest BCUT2D eigenvalue weighted by molar-refractivity contribution is -0.716. The molecule has 0 fully saturated rings. The van der Waals surface area contributed by atoms with Crippen molar-refractivity contribution in [1.29, 1.82) is 0 Å². The molecule has 1 N–H and O–H groups in total. The Bertz CT molecular complexity index is 1090. The zero-order valence-corrected chi connectivity index (χ0v) is 15.0. The quantitative estimate of drug-likeness (QED) is 0.450. The van der Waals surface area contributed by atoms with E-state index in [0.29, 0.717) is 11.2 Å². The van der Waals surface area contributed by atoms with Gasteiger partial charge in [0.2, 0.25) is 5.69 Å². The van der Waals surface area contributed by atoms with Gasteiger partial charge in [-0.05, 0) is 19.9 Å². The molecule has 0 spiro atoms. The van der Waals surface area contributed by atoms with Crippen molar-refractivity contribution in [3.05, 3.63) is 52.0 Å². The summed E-state index contributed by atoms with van der Waals surface area (Å²) in [7, 11) is 1.94. The number of Topliss-reactive ketones (excluding diaryl/α,β-unsaturated/α-hetero) is 1. The van der Waals surface area contributed by atoms with Crippen LogP contribution in [0.25, 0.3) is 16.9 Å². The van der Waals surface area contributed by atoms with Gasteiger partial charge in [0, 0.05) is 23.3 Å². The number of thiazole rings is 1. The van der Waals surface area contributed by atoms with Crippen molar-refractivity contribution in [2.45, 2.75) is 20.3 Å². The average molecular weight is 353 g/mol. The fraction of sp³-hybridized carbons (Fsp3) is 0.235. The first kappa shape index (κ1) is 15.6. The number of carbonyl (C=O) groups is 1. The summed E-state index contributed by atoms with van der Waals surface area (Å²) in [6, 6.07) is 3.92. The van der Waals surface area contributed by atoms with Gasteiger partial charge in [-0.1, -0.05) is 0 Å². The van der Waals surface area contributed by atoms with Crippen molar-refractivity contribution >= 4 is 22.8 Å². The van der Waals surface area contributed by atoms with Crippen molar-refractivity contribution in [3.8, 4) is 11.3 Å². The van der Waals surface area contributed by atoms with E-state index >= 15 is 0 Å². The minimum atomic E-state index is -0.0101. The van der Waals surface area contributed by atoms with Crippen LogP contribution in [0.15, 0.2) is 30.0 Å².